The Morgan fingerprint density at radius 2 is 2.11 bits per heavy atom. The van der Waals surface area contributed by atoms with Gasteiger partial charge in [0.25, 0.3) is 0 Å². The average Bonchev–Trinajstić information content (AvgIpc) is 2.73. The zero-order chi connectivity index (χ0) is 19.5. The van der Waals surface area contributed by atoms with Gasteiger partial charge < -0.3 is 20.3 Å². The molecule has 0 spiro atoms. The van der Waals surface area contributed by atoms with Crippen LogP contribution in [0.15, 0.2) is 36.4 Å². The standard InChI is InChI=1S/C20H21ClN4O3/c21-14-3-1-2-13(10-14)11-23-20(27)15-12-22-16-4-5-17(24-18(16)19(15)26)25-6-8-28-9-7-25/h1-5,10,15,22H,6-9,11-12H2,(H,23,27). The fourth-order valence-electron chi connectivity index (χ4n) is 3.39. The third-order valence-electron chi connectivity index (χ3n) is 4.93. The molecule has 3 heterocycles. The van der Waals surface area contributed by atoms with Crippen LogP contribution in [0.2, 0.25) is 5.02 Å². The molecule has 1 aromatic heterocycles. The number of nitrogens with zero attached hydrogens (tertiary/aromatic N) is 2. The van der Waals surface area contributed by atoms with Gasteiger partial charge in [-0.1, -0.05) is 23.7 Å². The molecule has 0 radical (unpaired) electrons. The van der Waals surface area contributed by atoms with E-state index in [9.17, 15) is 9.59 Å². The summed E-state index contributed by atoms with van der Waals surface area (Å²) in [7, 11) is 0. The quantitative estimate of drug-likeness (QED) is 0.765. The van der Waals surface area contributed by atoms with Crippen LogP contribution in [0, 0.1) is 5.92 Å². The molecular formula is C20H21ClN4O3. The highest BCUT2D eigenvalue weighted by Gasteiger charge is 2.34. The molecule has 1 unspecified atom stereocenters. The fourth-order valence-corrected chi connectivity index (χ4v) is 3.60. The fraction of sp³-hybridized carbons (Fsp3) is 0.350. The van der Waals surface area contributed by atoms with Crippen molar-refractivity contribution in [2.24, 2.45) is 5.92 Å². The molecule has 146 valence electrons. The van der Waals surface area contributed by atoms with Crippen LogP contribution in [0.1, 0.15) is 16.1 Å². The zero-order valence-electron chi connectivity index (χ0n) is 15.3. The highest BCUT2D eigenvalue weighted by atomic mass is 35.5. The van der Waals surface area contributed by atoms with E-state index in [4.69, 9.17) is 16.3 Å². The molecule has 28 heavy (non-hydrogen) atoms. The van der Waals surface area contributed by atoms with Gasteiger partial charge in [-0.2, -0.15) is 0 Å². The first kappa shape index (κ1) is 18.7. The minimum absolute atomic E-state index is 0.256. The summed E-state index contributed by atoms with van der Waals surface area (Å²) in [6, 6.07) is 11.0. The van der Waals surface area contributed by atoms with Gasteiger partial charge in [-0.05, 0) is 29.8 Å². The van der Waals surface area contributed by atoms with Gasteiger partial charge in [0, 0.05) is 31.2 Å². The van der Waals surface area contributed by atoms with Crippen LogP contribution in [0.3, 0.4) is 0 Å². The molecule has 1 saturated heterocycles. The molecule has 8 heteroatoms. The molecule has 0 saturated carbocycles. The Morgan fingerprint density at radius 1 is 1.29 bits per heavy atom. The summed E-state index contributed by atoms with van der Waals surface area (Å²) in [6.07, 6.45) is 0. The van der Waals surface area contributed by atoms with Crippen molar-refractivity contribution in [2.45, 2.75) is 6.54 Å². The molecule has 7 nitrogen and oxygen atoms in total. The first-order chi connectivity index (χ1) is 13.6. The number of carbonyl (C=O) groups is 2. The van der Waals surface area contributed by atoms with Gasteiger partial charge in [0.1, 0.15) is 17.4 Å². The van der Waals surface area contributed by atoms with Gasteiger partial charge in [0.15, 0.2) is 5.78 Å². The normalized spacial score (nSPS) is 19.0. The molecule has 2 N–H and O–H groups in total. The first-order valence-corrected chi connectivity index (χ1v) is 9.63. The molecule has 2 aliphatic rings. The number of rotatable bonds is 4. The molecule has 4 rings (SSSR count). The number of halogens is 1. The third kappa shape index (κ3) is 3.95. The number of Topliss-reactive ketones (excluding diaryl/α,β-unsaturated/α-hetero) is 1. The van der Waals surface area contributed by atoms with Crippen LogP contribution in [0.5, 0.6) is 0 Å². The van der Waals surface area contributed by atoms with Gasteiger partial charge in [-0.25, -0.2) is 4.98 Å². The first-order valence-electron chi connectivity index (χ1n) is 9.26. The SMILES string of the molecule is O=C(NCc1cccc(Cl)c1)C1CNc2ccc(N3CCOCC3)nc2C1=O. The van der Waals surface area contributed by atoms with Gasteiger partial charge in [-0.3, -0.25) is 9.59 Å². The van der Waals surface area contributed by atoms with Gasteiger partial charge in [0.05, 0.1) is 18.9 Å². The minimum atomic E-state index is -0.806. The smallest absolute Gasteiger partial charge is 0.233 e. The molecule has 0 bridgehead atoms. The number of ketones is 1. The maximum absolute atomic E-state index is 12.9. The second kappa shape index (κ2) is 8.16. The lowest BCUT2D eigenvalue weighted by Crippen LogP contribution is -2.43. The molecule has 1 amide bonds. The second-order valence-corrected chi connectivity index (χ2v) is 7.25. The van der Waals surface area contributed by atoms with Crippen LogP contribution in [0.25, 0.3) is 0 Å². The lowest BCUT2D eigenvalue weighted by molar-refractivity contribution is -0.123. The number of nitrogens with one attached hydrogen (secondary N) is 2. The second-order valence-electron chi connectivity index (χ2n) is 6.81. The molecule has 1 aromatic carbocycles. The van der Waals surface area contributed by atoms with E-state index in [0.29, 0.717) is 36.2 Å². The van der Waals surface area contributed by atoms with Crippen molar-refractivity contribution < 1.29 is 14.3 Å². The number of pyridine rings is 1. The summed E-state index contributed by atoms with van der Waals surface area (Å²) in [6.45, 7) is 3.32. The lowest BCUT2D eigenvalue weighted by Gasteiger charge is -2.29. The number of carbonyl (C=O) groups excluding carboxylic acids is 2. The van der Waals surface area contributed by atoms with Crippen LogP contribution < -0.4 is 15.5 Å². The van der Waals surface area contributed by atoms with Crippen molar-refractivity contribution in [2.75, 3.05) is 43.1 Å². The lowest BCUT2D eigenvalue weighted by atomic mass is 9.95. The van der Waals surface area contributed by atoms with Crippen molar-refractivity contribution >= 4 is 34.8 Å². The van der Waals surface area contributed by atoms with Crippen molar-refractivity contribution in [3.8, 4) is 0 Å². The molecule has 2 aromatic rings. The van der Waals surface area contributed by atoms with E-state index in [0.717, 1.165) is 24.5 Å². The summed E-state index contributed by atoms with van der Waals surface area (Å²) < 4.78 is 5.36. The van der Waals surface area contributed by atoms with E-state index < -0.39 is 5.92 Å². The van der Waals surface area contributed by atoms with E-state index in [-0.39, 0.29) is 18.2 Å². The summed E-state index contributed by atoms with van der Waals surface area (Å²) >= 11 is 5.97. The average molecular weight is 401 g/mol. The van der Waals surface area contributed by atoms with Gasteiger partial charge in [0.2, 0.25) is 5.91 Å². The Kier molecular flexibility index (Phi) is 5.45. The van der Waals surface area contributed by atoms with E-state index in [1.165, 1.54) is 0 Å². The third-order valence-corrected chi connectivity index (χ3v) is 5.17. The van der Waals surface area contributed by atoms with E-state index in [1.54, 1.807) is 12.1 Å². The Bertz CT molecular complexity index is 899. The Hall–Kier alpha value is -2.64. The number of aromatic nitrogens is 1. The molecule has 0 aliphatic carbocycles. The summed E-state index contributed by atoms with van der Waals surface area (Å²) in [4.78, 5) is 32.2. The predicted octanol–water partition coefficient (Wildman–Crippen LogP) is 2.11. The monoisotopic (exact) mass is 400 g/mol. The number of anilines is 2. The minimum Gasteiger partial charge on any atom is -0.382 e. The number of hydrogen-bond acceptors (Lipinski definition) is 6. The predicted molar refractivity (Wildman–Crippen MR) is 107 cm³/mol. The number of morpholine rings is 1. The van der Waals surface area contributed by atoms with Crippen molar-refractivity contribution in [3.05, 3.63) is 52.7 Å². The van der Waals surface area contributed by atoms with Crippen molar-refractivity contribution in [3.63, 3.8) is 0 Å². The number of benzene rings is 1. The number of amides is 1. The van der Waals surface area contributed by atoms with E-state index in [1.807, 2.05) is 24.3 Å². The number of hydrogen-bond donors (Lipinski definition) is 2. The topological polar surface area (TPSA) is 83.6 Å². The van der Waals surface area contributed by atoms with E-state index >= 15 is 0 Å². The van der Waals surface area contributed by atoms with Crippen LogP contribution in [-0.2, 0) is 16.1 Å². The Labute approximate surface area is 168 Å². The summed E-state index contributed by atoms with van der Waals surface area (Å²) in [5.74, 6) is -0.648. The van der Waals surface area contributed by atoms with Crippen LogP contribution in [0.4, 0.5) is 11.5 Å². The number of ether oxygens (including phenoxy) is 1. The Morgan fingerprint density at radius 3 is 2.89 bits per heavy atom. The van der Waals surface area contributed by atoms with E-state index in [2.05, 4.69) is 20.5 Å². The van der Waals surface area contributed by atoms with Crippen LogP contribution in [-0.4, -0.2) is 49.5 Å². The van der Waals surface area contributed by atoms with Crippen LogP contribution >= 0.6 is 11.6 Å². The molecular weight excluding hydrogens is 380 g/mol. The van der Waals surface area contributed by atoms with Gasteiger partial charge >= 0.3 is 0 Å². The maximum Gasteiger partial charge on any atom is 0.233 e. The number of fused-ring (bicyclic) bond motifs is 1. The molecule has 1 fully saturated rings. The van der Waals surface area contributed by atoms with Crippen molar-refractivity contribution in [1.29, 1.82) is 0 Å². The maximum atomic E-state index is 12.9. The summed E-state index contributed by atoms with van der Waals surface area (Å²) in [5, 5.41) is 6.58. The summed E-state index contributed by atoms with van der Waals surface area (Å²) in [5.41, 5.74) is 1.87. The molecule has 1 atom stereocenters. The van der Waals surface area contributed by atoms with Crippen molar-refractivity contribution in [1.82, 2.24) is 10.3 Å². The zero-order valence-corrected chi connectivity index (χ0v) is 16.0. The largest absolute Gasteiger partial charge is 0.382 e. The van der Waals surface area contributed by atoms with Gasteiger partial charge in [-0.15, -0.1) is 0 Å². The Balaban J connectivity index is 1.46. The molecule has 2 aliphatic heterocycles. The highest BCUT2D eigenvalue weighted by Crippen LogP contribution is 2.26. The highest BCUT2D eigenvalue weighted by molar-refractivity contribution is 6.30.